The van der Waals surface area contributed by atoms with Crippen LogP contribution < -0.4 is 0 Å². The van der Waals surface area contributed by atoms with Gasteiger partial charge in [-0.25, -0.2) is 0 Å². The van der Waals surface area contributed by atoms with Crippen LogP contribution in [0.5, 0.6) is 0 Å². The molecule has 1 nitrogen and oxygen atoms in total. The number of ketones is 1. The maximum absolute atomic E-state index is 11.6. The van der Waals surface area contributed by atoms with Gasteiger partial charge >= 0.3 is 0 Å². The lowest BCUT2D eigenvalue weighted by Crippen LogP contribution is -2.30. The standard InChI is InChI=1S/C9H17BrO/c1-5-7(6-2)8(11)9(3,4)10/h7H,5-6H2,1-4H3. The van der Waals surface area contributed by atoms with E-state index in [1.807, 2.05) is 13.8 Å². The highest BCUT2D eigenvalue weighted by molar-refractivity contribution is 9.10. The van der Waals surface area contributed by atoms with E-state index in [1.54, 1.807) is 0 Å². The molecule has 0 heterocycles. The fourth-order valence-corrected chi connectivity index (χ4v) is 1.47. The van der Waals surface area contributed by atoms with Crippen molar-refractivity contribution in [3.05, 3.63) is 0 Å². The van der Waals surface area contributed by atoms with Gasteiger partial charge in [0.25, 0.3) is 0 Å². The van der Waals surface area contributed by atoms with Crippen LogP contribution in [0, 0.1) is 5.92 Å². The fraction of sp³-hybridized carbons (Fsp3) is 0.889. The van der Waals surface area contributed by atoms with E-state index in [4.69, 9.17) is 0 Å². The zero-order chi connectivity index (χ0) is 9.07. The van der Waals surface area contributed by atoms with Gasteiger partial charge in [-0.3, -0.25) is 4.79 Å². The van der Waals surface area contributed by atoms with Gasteiger partial charge in [-0.15, -0.1) is 0 Å². The van der Waals surface area contributed by atoms with Crippen LogP contribution in [-0.4, -0.2) is 10.1 Å². The minimum atomic E-state index is -0.344. The number of carbonyl (C=O) groups is 1. The Morgan fingerprint density at radius 1 is 1.36 bits per heavy atom. The highest BCUT2D eigenvalue weighted by atomic mass is 79.9. The summed E-state index contributed by atoms with van der Waals surface area (Å²) in [6.07, 6.45) is 1.90. The van der Waals surface area contributed by atoms with Crippen LogP contribution in [-0.2, 0) is 4.79 Å². The lowest BCUT2D eigenvalue weighted by atomic mass is 9.91. The van der Waals surface area contributed by atoms with Crippen LogP contribution >= 0.6 is 15.9 Å². The molecule has 0 amide bonds. The molecule has 0 atom stereocenters. The molecule has 0 saturated carbocycles. The van der Waals surface area contributed by atoms with Crippen LogP contribution in [0.2, 0.25) is 0 Å². The van der Waals surface area contributed by atoms with E-state index < -0.39 is 0 Å². The third-order valence-electron chi connectivity index (χ3n) is 1.94. The molecular weight excluding hydrogens is 204 g/mol. The summed E-state index contributed by atoms with van der Waals surface area (Å²) in [4.78, 5) is 11.6. The van der Waals surface area contributed by atoms with Crippen LogP contribution in [0.3, 0.4) is 0 Å². The smallest absolute Gasteiger partial charge is 0.152 e. The molecule has 0 unspecified atom stereocenters. The van der Waals surface area contributed by atoms with Crippen molar-refractivity contribution in [2.75, 3.05) is 0 Å². The van der Waals surface area contributed by atoms with Crippen molar-refractivity contribution >= 4 is 21.7 Å². The molecule has 0 radical (unpaired) electrons. The monoisotopic (exact) mass is 220 g/mol. The summed E-state index contributed by atoms with van der Waals surface area (Å²) >= 11 is 3.38. The maximum Gasteiger partial charge on any atom is 0.152 e. The van der Waals surface area contributed by atoms with Crippen molar-refractivity contribution in [1.82, 2.24) is 0 Å². The molecule has 0 aromatic heterocycles. The van der Waals surface area contributed by atoms with Gasteiger partial charge < -0.3 is 0 Å². The zero-order valence-electron chi connectivity index (χ0n) is 7.78. The normalized spacial score (nSPS) is 12.2. The van der Waals surface area contributed by atoms with Crippen molar-refractivity contribution in [3.8, 4) is 0 Å². The Balaban J connectivity index is 4.22. The molecule has 11 heavy (non-hydrogen) atoms. The minimum absolute atomic E-state index is 0.226. The summed E-state index contributed by atoms with van der Waals surface area (Å²) in [6.45, 7) is 7.94. The van der Waals surface area contributed by atoms with E-state index in [0.29, 0.717) is 5.78 Å². The Bertz CT molecular complexity index is 131. The van der Waals surface area contributed by atoms with Gasteiger partial charge in [-0.2, -0.15) is 0 Å². The predicted octanol–water partition coefficient (Wildman–Crippen LogP) is 3.17. The number of rotatable bonds is 4. The highest BCUT2D eigenvalue weighted by Gasteiger charge is 2.28. The van der Waals surface area contributed by atoms with Crippen molar-refractivity contribution in [2.45, 2.75) is 44.9 Å². The summed E-state index contributed by atoms with van der Waals surface area (Å²) in [7, 11) is 0. The van der Waals surface area contributed by atoms with E-state index in [-0.39, 0.29) is 10.2 Å². The van der Waals surface area contributed by atoms with Crippen LogP contribution in [0.1, 0.15) is 40.5 Å². The van der Waals surface area contributed by atoms with Crippen molar-refractivity contribution < 1.29 is 4.79 Å². The first-order chi connectivity index (χ1) is 4.93. The third-order valence-corrected chi connectivity index (χ3v) is 2.33. The lowest BCUT2D eigenvalue weighted by molar-refractivity contribution is -0.124. The molecule has 0 saturated heterocycles. The number of halogens is 1. The maximum atomic E-state index is 11.6. The molecule has 0 aliphatic heterocycles. The predicted molar refractivity (Wildman–Crippen MR) is 52.1 cm³/mol. The molecule has 0 aromatic carbocycles. The number of hydrogen-bond acceptors (Lipinski definition) is 1. The Kier molecular flexibility index (Phi) is 4.30. The molecule has 0 aromatic rings. The van der Waals surface area contributed by atoms with Crippen LogP contribution in [0.4, 0.5) is 0 Å². The first-order valence-corrected chi connectivity index (χ1v) is 4.96. The molecule has 0 aliphatic carbocycles. The van der Waals surface area contributed by atoms with Crippen LogP contribution in [0.25, 0.3) is 0 Å². The largest absolute Gasteiger partial charge is 0.298 e. The van der Waals surface area contributed by atoms with E-state index in [9.17, 15) is 4.79 Å². The average molecular weight is 221 g/mol. The number of carbonyl (C=O) groups excluding carboxylic acids is 1. The summed E-state index contributed by atoms with van der Waals surface area (Å²) in [5.74, 6) is 0.548. The minimum Gasteiger partial charge on any atom is -0.298 e. The SMILES string of the molecule is CCC(CC)C(=O)C(C)(C)Br. The van der Waals surface area contributed by atoms with E-state index >= 15 is 0 Å². The fourth-order valence-electron chi connectivity index (χ4n) is 1.14. The number of hydrogen-bond donors (Lipinski definition) is 0. The van der Waals surface area contributed by atoms with E-state index in [1.165, 1.54) is 0 Å². The lowest BCUT2D eigenvalue weighted by Gasteiger charge is -2.20. The van der Waals surface area contributed by atoms with Gasteiger partial charge in [-0.1, -0.05) is 29.8 Å². The summed E-state index contributed by atoms with van der Waals surface area (Å²) in [6, 6.07) is 0. The van der Waals surface area contributed by atoms with Gasteiger partial charge in [0.05, 0.1) is 4.32 Å². The van der Waals surface area contributed by atoms with E-state index in [0.717, 1.165) is 12.8 Å². The van der Waals surface area contributed by atoms with Crippen molar-refractivity contribution in [3.63, 3.8) is 0 Å². The molecule has 0 rings (SSSR count). The second-order valence-electron chi connectivity index (χ2n) is 3.35. The Hall–Kier alpha value is 0.150. The van der Waals surface area contributed by atoms with Gasteiger partial charge in [0.15, 0.2) is 5.78 Å². The van der Waals surface area contributed by atoms with Gasteiger partial charge in [0.1, 0.15) is 0 Å². The summed E-state index contributed by atoms with van der Waals surface area (Å²) < 4.78 is -0.344. The molecule has 0 N–H and O–H groups in total. The molecule has 66 valence electrons. The van der Waals surface area contributed by atoms with Crippen LogP contribution in [0.15, 0.2) is 0 Å². The first kappa shape index (κ1) is 11.2. The number of Topliss-reactive ketones (excluding diaryl/α,β-unsaturated/α-hetero) is 1. The second-order valence-corrected chi connectivity index (χ2v) is 5.33. The quantitative estimate of drug-likeness (QED) is 0.666. The molecular formula is C9H17BrO. The third kappa shape index (κ3) is 3.37. The Morgan fingerprint density at radius 2 is 1.73 bits per heavy atom. The molecule has 2 heteroatoms. The zero-order valence-corrected chi connectivity index (χ0v) is 9.36. The van der Waals surface area contributed by atoms with Crippen molar-refractivity contribution in [1.29, 1.82) is 0 Å². The molecule has 0 fully saturated rings. The average Bonchev–Trinajstić information content (AvgIpc) is 1.88. The summed E-state index contributed by atoms with van der Waals surface area (Å²) in [5.41, 5.74) is 0. The van der Waals surface area contributed by atoms with Crippen molar-refractivity contribution in [2.24, 2.45) is 5.92 Å². The molecule has 0 aliphatic rings. The van der Waals surface area contributed by atoms with Gasteiger partial charge in [0, 0.05) is 5.92 Å². The Morgan fingerprint density at radius 3 is 1.82 bits per heavy atom. The molecule has 0 spiro atoms. The summed E-state index contributed by atoms with van der Waals surface area (Å²) in [5, 5.41) is 0. The second kappa shape index (κ2) is 4.24. The van der Waals surface area contributed by atoms with Gasteiger partial charge in [-0.05, 0) is 26.7 Å². The van der Waals surface area contributed by atoms with E-state index in [2.05, 4.69) is 29.8 Å². The first-order valence-electron chi connectivity index (χ1n) is 4.16. The molecule has 0 bridgehead atoms. The van der Waals surface area contributed by atoms with Gasteiger partial charge in [0.2, 0.25) is 0 Å². The number of alkyl halides is 1. The Labute approximate surface area is 77.7 Å². The highest BCUT2D eigenvalue weighted by Crippen LogP contribution is 2.24. The topological polar surface area (TPSA) is 17.1 Å².